The Bertz CT molecular complexity index is 246. The summed E-state index contributed by atoms with van der Waals surface area (Å²) in [5.74, 6) is 0. The van der Waals surface area contributed by atoms with Gasteiger partial charge in [-0.1, -0.05) is 13.0 Å². The van der Waals surface area contributed by atoms with Crippen LogP contribution in [0.5, 0.6) is 0 Å². The third-order valence-corrected chi connectivity index (χ3v) is 3.59. The van der Waals surface area contributed by atoms with Crippen LogP contribution in [0.25, 0.3) is 0 Å². The summed E-state index contributed by atoms with van der Waals surface area (Å²) in [6.07, 6.45) is 1.22. The largest absolute Gasteiger partial charge is 0.317 e. The van der Waals surface area contributed by atoms with Crippen molar-refractivity contribution in [3.63, 3.8) is 0 Å². The van der Waals surface area contributed by atoms with Crippen molar-refractivity contribution < 1.29 is 0 Å². The van der Waals surface area contributed by atoms with Crippen molar-refractivity contribution in [2.75, 3.05) is 20.1 Å². The maximum Gasteiger partial charge on any atom is 0.0327 e. The van der Waals surface area contributed by atoms with E-state index in [0.29, 0.717) is 6.04 Å². The lowest BCUT2D eigenvalue weighted by Gasteiger charge is -2.24. The highest BCUT2D eigenvalue weighted by atomic mass is 32.1. The van der Waals surface area contributed by atoms with Crippen LogP contribution < -0.4 is 5.32 Å². The van der Waals surface area contributed by atoms with Gasteiger partial charge in [-0.2, -0.15) is 0 Å². The van der Waals surface area contributed by atoms with Gasteiger partial charge in [-0.3, -0.25) is 4.90 Å². The molecule has 0 aliphatic rings. The summed E-state index contributed by atoms with van der Waals surface area (Å²) in [6.45, 7) is 7.71. The minimum atomic E-state index is 0.645. The van der Waals surface area contributed by atoms with Crippen molar-refractivity contribution in [2.45, 2.75) is 32.9 Å². The third-order valence-electron chi connectivity index (χ3n) is 2.73. The second-order valence-corrected chi connectivity index (χ2v) is 5.02. The maximum absolute atomic E-state index is 3.37. The molecule has 0 saturated heterocycles. The second kappa shape index (κ2) is 6.99. The summed E-state index contributed by atoms with van der Waals surface area (Å²) in [6, 6.07) is 4.97. The Balaban J connectivity index is 2.23. The zero-order valence-electron chi connectivity index (χ0n) is 9.99. The van der Waals surface area contributed by atoms with Gasteiger partial charge in [-0.25, -0.2) is 0 Å². The smallest absolute Gasteiger partial charge is 0.0327 e. The summed E-state index contributed by atoms with van der Waals surface area (Å²) in [4.78, 5) is 3.87. The lowest BCUT2D eigenvalue weighted by atomic mass is 10.2. The highest BCUT2D eigenvalue weighted by Crippen LogP contribution is 2.13. The molecule has 0 aromatic carbocycles. The van der Waals surface area contributed by atoms with Gasteiger partial charge in [0.05, 0.1) is 0 Å². The molecule has 1 rings (SSSR count). The summed E-state index contributed by atoms with van der Waals surface area (Å²) in [5.41, 5.74) is 0. The predicted octanol–water partition coefficient (Wildman–Crippen LogP) is 2.57. The number of thiophene rings is 1. The molecule has 0 aliphatic heterocycles. The van der Waals surface area contributed by atoms with E-state index >= 15 is 0 Å². The van der Waals surface area contributed by atoms with E-state index in [0.717, 1.165) is 19.6 Å². The van der Waals surface area contributed by atoms with Crippen LogP contribution >= 0.6 is 11.3 Å². The Labute approximate surface area is 97.3 Å². The van der Waals surface area contributed by atoms with Crippen LogP contribution in [-0.2, 0) is 6.54 Å². The van der Waals surface area contributed by atoms with Crippen LogP contribution in [0.3, 0.4) is 0 Å². The van der Waals surface area contributed by atoms with E-state index in [1.54, 1.807) is 0 Å². The molecule has 0 fully saturated rings. The molecule has 86 valence electrons. The molecule has 1 heterocycles. The molecular formula is C12H22N2S. The lowest BCUT2D eigenvalue weighted by molar-refractivity contribution is 0.239. The summed E-state index contributed by atoms with van der Waals surface area (Å²) >= 11 is 1.84. The minimum absolute atomic E-state index is 0.645. The number of nitrogens with zero attached hydrogens (tertiary/aromatic N) is 1. The van der Waals surface area contributed by atoms with Gasteiger partial charge in [-0.15, -0.1) is 11.3 Å². The topological polar surface area (TPSA) is 15.3 Å². The van der Waals surface area contributed by atoms with Crippen LogP contribution in [0, 0.1) is 0 Å². The Morgan fingerprint density at radius 3 is 2.93 bits per heavy atom. The highest BCUT2D eigenvalue weighted by Gasteiger charge is 2.09. The maximum atomic E-state index is 3.37. The van der Waals surface area contributed by atoms with E-state index in [1.165, 1.54) is 11.3 Å². The fraction of sp³-hybridized carbons (Fsp3) is 0.667. The summed E-state index contributed by atoms with van der Waals surface area (Å²) in [5, 5.41) is 5.51. The monoisotopic (exact) mass is 226 g/mol. The molecule has 0 bridgehead atoms. The van der Waals surface area contributed by atoms with E-state index in [2.05, 4.69) is 48.6 Å². The van der Waals surface area contributed by atoms with E-state index in [1.807, 2.05) is 11.3 Å². The lowest BCUT2D eigenvalue weighted by Crippen LogP contribution is -2.31. The Morgan fingerprint density at radius 2 is 2.33 bits per heavy atom. The van der Waals surface area contributed by atoms with Crippen LogP contribution in [0.1, 0.15) is 25.1 Å². The van der Waals surface area contributed by atoms with Gasteiger partial charge < -0.3 is 5.32 Å². The first-order valence-electron chi connectivity index (χ1n) is 5.67. The van der Waals surface area contributed by atoms with Crippen molar-refractivity contribution >= 4 is 11.3 Å². The van der Waals surface area contributed by atoms with E-state index in [-0.39, 0.29) is 0 Å². The molecule has 0 spiro atoms. The van der Waals surface area contributed by atoms with E-state index < -0.39 is 0 Å². The molecule has 15 heavy (non-hydrogen) atoms. The van der Waals surface area contributed by atoms with Gasteiger partial charge in [0.25, 0.3) is 0 Å². The molecule has 3 heteroatoms. The molecule has 0 radical (unpaired) electrons. The van der Waals surface area contributed by atoms with Crippen molar-refractivity contribution in [3.8, 4) is 0 Å². The first kappa shape index (κ1) is 12.7. The van der Waals surface area contributed by atoms with Gasteiger partial charge in [0.15, 0.2) is 0 Å². The standard InChI is InChI=1S/C12H22N2S/c1-4-13-8-7-11(2)14(3)10-12-6-5-9-15-12/h5-6,9,11,13H,4,7-8,10H2,1-3H3. The Morgan fingerprint density at radius 1 is 1.53 bits per heavy atom. The van der Waals surface area contributed by atoms with Gasteiger partial charge in [0, 0.05) is 17.5 Å². The zero-order valence-corrected chi connectivity index (χ0v) is 10.8. The van der Waals surface area contributed by atoms with Crippen LogP contribution in [-0.4, -0.2) is 31.1 Å². The SMILES string of the molecule is CCNCCC(C)N(C)Cc1cccs1. The Kier molecular flexibility index (Phi) is 5.91. The van der Waals surface area contributed by atoms with Gasteiger partial charge >= 0.3 is 0 Å². The van der Waals surface area contributed by atoms with Crippen molar-refractivity contribution in [1.82, 2.24) is 10.2 Å². The molecule has 1 aromatic heterocycles. The molecule has 2 nitrogen and oxygen atoms in total. The predicted molar refractivity (Wildman–Crippen MR) is 68.4 cm³/mol. The molecule has 1 aromatic rings. The van der Waals surface area contributed by atoms with Crippen molar-refractivity contribution in [3.05, 3.63) is 22.4 Å². The molecule has 1 unspecified atom stereocenters. The van der Waals surface area contributed by atoms with E-state index in [9.17, 15) is 0 Å². The van der Waals surface area contributed by atoms with E-state index in [4.69, 9.17) is 0 Å². The normalized spacial score (nSPS) is 13.3. The number of hydrogen-bond donors (Lipinski definition) is 1. The average molecular weight is 226 g/mol. The fourth-order valence-electron chi connectivity index (χ4n) is 1.51. The zero-order chi connectivity index (χ0) is 11.1. The van der Waals surface area contributed by atoms with Gasteiger partial charge in [-0.05, 0) is 44.9 Å². The number of nitrogens with one attached hydrogen (secondary N) is 1. The van der Waals surface area contributed by atoms with Gasteiger partial charge in [0.1, 0.15) is 0 Å². The van der Waals surface area contributed by atoms with Crippen LogP contribution in [0.15, 0.2) is 17.5 Å². The molecule has 0 saturated carbocycles. The highest BCUT2D eigenvalue weighted by molar-refractivity contribution is 7.09. The third kappa shape index (κ3) is 4.78. The average Bonchev–Trinajstić information content (AvgIpc) is 2.70. The molecular weight excluding hydrogens is 204 g/mol. The molecule has 0 aliphatic carbocycles. The van der Waals surface area contributed by atoms with Crippen LogP contribution in [0.4, 0.5) is 0 Å². The van der Waals surface area contributed by atoms with Crippen molar-refractivity contribution in [1.29, 1.82) is 0 Å². The number of rotatable bonds is 7. The van der Waals surface area contributed by atoms with Crippen LogP contribution in [0.2, 0.25) is 0 Å². The summed E-state index contributed by atoms with van der Waals surface area (Å²) in [7, 11) is 2.20. The van der Waals surface area contributed by atoms with Crippen molar-refractivity contribution in [2.24, 2.45) is 0 Å². The summed E-state index contributed by atoms with van der Waals surface area (Å²) < 4.78 is 0. The molecule has 1 N–H and O–H groups in total. The first-order chi connectivity index (χ1) is 7.24. The molecule has 0 amide bonds. The first-order valence-corrected chi connectivity index (χ1v) is 6.55. The fourth-order valence-corrected chi connectivity index (χ4v) is 2.28. The molecule has 1 atom stereocenters. The second-order valence-electron chi connectivity index (χ2n) is 3.99. The van der Waals surface area contributed by atoms with Gasteiger partial charge in [0.2, 0.25) is 0 Å². The minimum Gasteiger partial charge on any atom is -0.317 e. The Hall–Kier alpha value is -0.380. The number of hydrogen-bond acceptors (Lipinski definition) is 3. The quantitative estimate of drug-likeness (QED) is 0.719.